The quantitative estimate of drug-likeness (QED) is 0.0905. The number of halogens is 1. The van der Waals surface area contributed by atoms with Gasteiger partial charge in [-0.2, -0.15) is 0 Å². The molecule has 0 saturated carbocycles. The van der Waals surface area contributed by atoms with Crippen LogP contribution in [0.4, 0.5) is 0 Å². The Balaban J connectivity index is 1.52. The predicted octanol–water partition coefficient (Wildman–Crippen LogP) is 9.95. The van der Waals surface area contributed by atoms with Crippen LogP contribution in [-0.4, -0.2) is 25.2 Å². The zero-order valence-corrected chi connectivity index (χ0v) is 25.4. The molecule has 41 heavy (non-hydrogen) atoms. The molecular formula is C35H43ClO5. The second-order valence-corrected chi connectivity index (χ2v) is 10.9. The van der Waals surface area contributed by atoms with Gasteiger partial charge in [0.05, 0.1) is 29.4 Å². The van der Waals surface area contributed by atoms with E-state index in [0.29, 0.717) is 36.2 Å². The molecule has 0 fully saturated rings. The Morgan fingerprint density at radius 1 is 0.756 bits per heavy atom. The van der Waals surface area contributed by atoms with E-state index in [2.05, 4.69) is 13.8 Å². The van der Waals surface area contributed by atoms with Gasteiger partial charge >= 0.3 is 11.9 Å². The summed E-state index contributed by atoms with van der Waals surface area (Å²) in [5, 5.41) is 0.282. The smallest absolute Gasteiger partial charge is 0.345 e. The van der Waals surface area contributed by atoms with Crippen molar-refractivity contribution in [3.8, 4) is 22.6 Å². The molecule has 5 nitrogen and oxygen atoms in total. The Hall–Kier alpha value is -3.31. The summed E-state index contributed by atoms with van der Waals surface area (Å²) in [5.41, 5.74) is 2.34. The molecule has 220 valence electrons. The van der Waals surface area contributed by atoms with E-state index in [9.17, 15) is 9.59 Å². The second-order valence-electron chi connectivity index (χ2n) is 10.5. The number of hydrogen-bond acceptors (Lipinski definition) is 5. The van der Waals surface area contributed by atoms with E-state index in [1.54, 1.807) is 36.4 Å². The van der Waals surface area contributed by atoms with E-state index in [1.807, 2.05) is 37.3 Å². The molecule has 0 aliphatic rings. The minimum Gasteiger partial charge on any atom is -0.494 e. The molecule has 3 rings (SSSR count). The van der Waals surface area contributed by atoms with Crippen molar-refractivity contribution in [2.24, 2.45) is 5.92 Å². The van der Waals surface area contributed by atoms with E-state index >= 15 is 0 Å². The zero-order valence-electron chi connectivity index (χ0n) is 24.6. The second kappa shape index (κ2) is 17.5. The molecular weight excluding hydrogens is 536 g/mol. The zero-order chi connectivity index (χ0) is 29.5. The number of carbonyl (C=O) groups is 2. The molecule has 0 aliphatic carbocycles. The lowest BCUT2D eigenvalue weighted by Crippen LogP contribution is -2.12. The summed E-state index contributed by atoms with van der Waals surface area (Å²) in [5.74, 6) is 0.418. The minimum absolute atomic E-state index is 0.268. The summed E-state index contributed by atoms with van der Waals surface area (Å²) >= 11 is 6.40. The molecule has 3 aromatic carbocycles. The first kappa shape index (κ1) is 32.2. The summed E-state index contributed by atoms with van der Waals surface area (Å²) < 4.78 is 16.9. The van der Waals surface area contributed by atoms with Crippen molar-refractivity contribution in [1.29, 1.82) is 0 Å². The largest absolute Gasteiger partial charge is 0.494 e. The Morgan fingerprint density at radius 2 is 1.41 bits per heavy atom. The summed E-state index contributed by atoms with van der Waals surface area (Å²) in [6.45, 7) is 7.36. The van der Waals surface area contributed by atoms with Crippen LogP contribution in [0.15, 0.2) is 66.7 Å². The topological polar surface area (TPSA) is 61.8 Å². The first-order valence-electron chi connectivity index (χ1n) is 14.9. The molecule has 0 aromatic heterocycles. The first-order valence-corrected chi connectivity index (χ1v) is 15.3. The maximum absolute atomic E-state index is 12.8. The number of unbranched alkanes of at least 4 members (excludes halogenated alkanes) is 7. The van der Waals surface area contributed by atoms with Gasteiger partial charge in [-0.3, -0.25) is 0 Å². The van der Waals surface area contributed by atoms with E-state index < -0.39 is 5.97 Å². The van der Waals surface area contributed by atoms with Crippen molar-refractivity contribution in [3.05, 3.63) is 82.9 Å². The predicted molar refractivity (Wildman–Crippen MR) is 166 cm³/mol. The third-order valence-corrected chi connectivity index (χ3v) is 7.46. The van der Waals surface area contributed by atoms with Crippen molar-refractivity contribution in [2.45, 2.75) is 78.6 Å². The molecule has 0 bridgehead atoms. The number of hydrogen-bond donors (Lipinski definition) is 0. The van der Waals surface area contributed by atoms with Gasteiger partial charge in [-0.1, -0.05) is 114 Å². The summed E-state index contributed by atoms with van der Waals surface area (Å²) in [7, 11) is 0. The van der Waals surface area contributed by atoms with Crippen molar-refractivity contribution >= 4 is 23.5 Å². The molecule has 0 aliphatic heterocycles. The molecule has 1 atom stereocenters. The minimum atomic E-state index is -0.550. The third-order valence-electron chi connectivity index (χ3n) is 7.15. The van der Waals surface area contributed by atoms with E-state index in [1.165, 1.54) is 38.5 Å². The standard InChI is InChI=1S/C35H43ClO5/c1-4-6-7-8-9-10-11-14-23-39-29-21-22-32(33(36)24-29)35(38)41-28-19-17-27(18-20-28)30-15-12-13-16-31(30)34(37)40-25-26(3)5-2/h12-13,15-22,24,26H,4-11,14,23,25H2,1-3H3/t26-/m0/s1. The van der Waals surface area contributed by atoms with Crippen LogP contribution in [0, 0.1) is 5.92 Å². The van der Waals surface area contributed by atoms with Gasteiger partial charge in [-0.25, -0.2) is 9.59 Å². The van der Waals surface area contributed by atoms with Crippen LogP contribution in [-0.2, 0) is 4.74 Å². The van der Waals surface area contributed by atoms with Gasteiger partial charge in [0, 0.05) is 0 Å². The van der Waals surface area contributed by atoms with Crippen LogP contribution in [0.2, 0.25) is 5.02 Å². The maximum Gasteiger partial charge on any atom is 0.345 e. The van der Waals surface area contributed by atoms with Crippen LogP contribution in [0.5, 0.6) is 11.5 Å². The van der Waals surface area contributed by atoms with E-state index in [4.69, 9.17) is 25.8 Å². The van der Waals surface area contributed by atoms with Gasteiger partial charge in [0.15, 0.2) is 0 Å². The molecule has 0 saturated heterocycles. The molecule has 0 unspecified atom stereocenters. The molecule has 6 heteroatoms. The summed E-state index contributed by atoms with van der Waals surface area (Å²) in [6, 6.07) is 19.4. The highest BCUT2D eigenvalue weighted by atomic mass is 35.5. The highest BCUT2D eigenvalue weighted by Gasteiger charge is 2.17. The van der Waals surface area contributed by atoms with Crippen LogP contribution in [0.3, 0.4) is 0 Å². The Kier molecular flexibility index (Phi) is 13.7. The lowest BCUT2D eigenvalue weighted by molar-refractivity contribution is 0.0447. The van der Waals surface area contributed by atoms with Crippen molar-refractivity contribution < 1.29 is 23.8 Å². The summed E-state index contributed by atoms with van der Waals surface area (Å²) in [4.78, 5) is 25.5. The van der Waals surface area contributed by atoms with Gasteiger partial charge in [-0.05, 0) is 59.9 Å². The lowest BCUT2D eigenvalue weighted by Gasteiger charge is -2.13. The van der Waals surface area contributed by atoms with Crippen LogP contribution in [0.1, 0.15) is 99.3 Å². The number of ether oxygens (including phenoxy) is 3. The highest BCUT2D eigenvalue weighted by Crippen LogP contribution is 2.28. The maximum atomic E-state index is 12.8. The Labute approximate surface area is 250 Å². The number of benzene rings is 3. The van der Waals surface area contributed by atoms with Gasteiger partial charge in [0.1, 0.15) is 11.5 Å². The average Bonchev–Trinajstić information content (AvgIpc) is 2.99. The van der Waals surface area contributed by atoms with E-state index in [-0.39, 0.29) is 16.6 Å². The number of carbonyl (C=O) groups excluding carboxylic acids is 2. The van der Waals surface area contributed by atoms with Crippen LogP contribution < -0.4 is 9.47 Å². The molecule has 0 spiro atoms. The fourth-order valence-electron chi connectivity index (χ4n) is 4.37. The SMILES string of the molecule is CCCCCCCCCCOc1ccc(C(=O)Oc2ccc(-c3ccccc3C(=O)OC[C@@H](C)CC)cc2)c(Cl)c1. The van der Waals surface area contributed by atoms with Gasteiger partial charge in [0.2, 0.25) is 0 Å². The normalized spacial score (nSPS) is 11.6. The number of rotatable bonds is 17. The molecule has 0 amide bonds. The van der Waals surface area contributed by atoms with E-state index in [0.717, 1.165) is 30.4 Å². The number of esters is 2. The van der Waals surface area contributed by atoms with Gasteiger partial charge < -0.3 is 14.2 Å². The summed E-state index contributed by atoms with van der Waals surface area (Å²) in [6.07, 6.45) is 10.8. The Morgan fingerprint density at radius 3 is 2.10 bits per heavy atom. The lowest BCUT2D eigenvalue weighted by atomic mass is 9.99. The highest BCUT2D eigenvalue weighted by molar-refractivity contribution is 6.33. The molecule has 3 aromatic rings. The Bertz CT molecular complexity index is 1240. The first-order chi connectivity index (χ1) is 19.9. The van der Waals surface area contributed by atoms with Crippen molar-refractivity contribution in [1.82, 2.24) is 0 Å². The van der Waals surface area contributed by atoms with Crippen molar-refractivity contribution in [3.63, 3.8) is 0 Å². The van der Waals surface area contributed by atoms with Gasteiger partial charge in [0.25, 0.3) is 0 Å². The van der Waals surface area contributed by atoms with Crippen molar-refractivity contribution in [2.75, 3.05) is 13.2 Å². The monoisotopic (exact) mass is 578 g/mol. The van der Waals surface area contributed by atoms with Crippen LogP contribution in [0.25, 0.3) is 11.1 Å². The van der Waals surface area contributed by atoms with Gasteiger partial charge in [-0.15, -0.1) is 0 Å². The average molecular weight is 579 g/mol. The molecule has 0 N–H and O–H groups in total. The fraction of sp³-hybridized carbons (Fsp3) is 0.429. The third kappa shape index (κ3) is 10.6. The fourth-order valence-corrected chi connectivity index (χ4v) is 4.62. The molecule has 0 heterocycles. The van der Waals surface area contributed by atoms with Crippen LogP contribution >= 0.6 is 11.6 Å². The molecule has 0 radical (unpaired) electrons.